The number of hydrogen-bond donors (Lipinski definition) is 2. The lowest BCUT2D eigenvalue weighted by Crippen LogP contribution is -2.36. The van der Waals surface area contributed by atoms with Crippen LogP contribution >= 0.6 is 0 Å². The van der Waals surface area contributed by atoms with Gasteiger partial charge in [0.2, 0.25) is 5.91 Å². The minimum absolute atomic E-state index is 0.0910. The summed E-state index contributed by atoms with van der Waals surface area (Å²) in [4.78, 5) is 28.3. The molecule has 2 aromatic carbocycles. The van der Waals surface area contributed by atoms with E-state index in [1.165, 1.54) is 6.33 Å². The number of carbonyl (C=O) groups excluding carboxylic acids is 2. The highest BCUT2D eigenvalue weighted by Gasteiger charge is 2.08. The summed E-state index contributed by atoms with van der Waals surface area (Å²) >= 11 is 0. The minimum atomic E-state index is -0.301. The van der Waals surface area contributed by atoms with Crippen LogP contribution in [0.3, 0.4) is 0 Å². The van der Waals surface area contributed by atoms with Crippen molar-refractivity contribution in [3.63, 3.8) is 0 Å². The van der Waals surface area contributed by atoms with Crippen LogP contribution in [0, 0.1) is 0 Å². The molecule has 8 nitrogen and oxygen atoms in total. The molecular formula is C23H27N5O3. The summed E-state index contributed by atoms with van der Waals surface area (Å²) in [5.74, 6) is 0.174. The number of nitrogens with one attached hydrogen (secondary N) is 2. The third kappa shape index (κ3) is 7.26. The van der Waals surface area contributed by atoms with E-state index in [2.05, 4.69) is 27.6 Å². The molecular weight excluding hydrogens is 394 g/mol. The Hall–Kier alpha value is -3.68. The van der Waals surface area contributed by atoms with Crippen LogP contribution < -0.4 is 15.4 Å². The fourth-order valence-corrected chi connectivity index (χ4v) is 2.90. The number of rotatable bonds is 11. The van der Waals surface area contributed by atoms with Crippen LogP contribution in [-0.4, -0.2) is 39.7 Å². The lowest BCUT2D eigenvalue weighted by Gasteiger charge is -2.09. The van der Waals surface area contributed by atoms with Gasteiger partial charge in [-0.05, 0) is 41.8 Å². The Morgan fingerprint density at radius 1 is 1.06 bits per heavy atom. The number of ether oxygens (including phenoxy) is 1. The number of unbranched alkanes of at least 4 members (excludes halogenated alkanes) is 1. The average molecular weight is 422 g/mol. The SMILES string of the molecule is CCCCOc1ccc(C(=O)NCC(=O)NCc2cccc(Cn3cncn3)c2)cc1. The summed E-state index contributed by atoms with van der Waals surface area (Å²) in [5.41, 5.74) is 2.51. The van der Waals surface area contributed by atoms with E-state index in [1.54, 1.807) is 35.3 Å². The second kappa shape index (κ2) is 11.5. The van der Waals surface area contributed by atoms with Crippen LogP contribution in [0.4, 0.5) is 0 Å². The molecule has 0 aliphatic carbocycles. The molecule has 2 N–H and O–H groups in total. The maximum atomic E-state index is 12.2. The molecule has 0 fully saturated rings. The smallest absolute Gasteiger partial charge is 0.251 e. The molecule has 0 radical (unpaired) electrons. The maximum Gasteiger partial charge on any atom is 0.251 e. The van der Waals surface area contributed by atoms with Crippen molar-refractivity contribution < 1.29 is 14.3 Å². The molecule has 0 saturated heterocycles. The van der Waals surface area contributed by atoms with Crippen molar-refractivity contribution in [2.24, 2.45) is 0 Å². The predicted octanol–water partition coefficient (Wildman–Crippen LogP) is 2.55. The van der Waals surface area contributed by atoms with Crippen molar-refractivity contribution in [1.82, 2.24) is 25.4 Å². The molecule has 0 aliphatic rings. The first kappa shape index (κ1) is 22.0. The van der Waals surface area contributed by atoms with Gasteiger partial charge >= 0.3 is 0 Å². The van der Waals surface area contributed by atoms with Crippen LogP contribution in [0.15, 0.2) is 61.2 Å². The van der Waals surface area contributed by atoms with Gasteiger partial charge in [0.05, 0.1) is 19.7 Å². The normalized spacial score (nSPS) is 10.5. The van der Waals surface area contributed by atoms with Crippen LogP contribution in [0.1, 0.15) is 41.3 Å². The average Bonchev–Trinajstić information content (AvgIpc) is 3.30. The summed E-state index contributed by atoms with van der Waals surface area (Å²) in [7, 11) is 0. The third-order valence-corrected chi connectivity index (χ3v) is 4.58. The van der Waals surface area contributed by atoms with E-state index >= 15 is 0 Å². The topological polar surface area (TPSA) is 98.1 Å². The number of carbonyl (C=O) groups is 2. The molecule has 0 bridgehead atoms. The molecule has 0 atom stereocenters. The molecule has 8 heteroatoms. The molecule has 162 valence electrons. The first-order chi connectivity index (χ1) is 15.1. The Morgan fingerprint density at radius 3 is 2.61 bits per heavy atom. The number of nitrogens with zero attached hydrogens (tertiary/aromatic N) is 3. The first-order valence-electron chi connectivity index (χ1n) is 10.3. The van der Waals surface area contributed by atoms with E-state index in [-0.39, 0.29) is 18.4 Å². The van der Waals surface area contributed by atoms with E-state index in [0.29, 0.717) is 25.3 Å². The highest BCUT2D eigenvalue weighted by molar-refractivity contribution is 5.96. The van der Waals surface area contributed by atoms with Crippen molar-refractivity contribution in [1.29, 1.82) is 0 Å². The summed E-state index contributed by atoms with van der Waals surface area (Å²) < 4.78 is 7.32. The van der Waals surface area contributed by atoms with Crippen LogP contribution in [-0.2, 0) is 17.9 Å². The van der Waals surface area contributed by atoms with Crippen molar-refractivity contribution in [3.8, 4) is 5.75 Å². The van der Waals surface area contributed by atoms with Gasteiger partial charge in [-0.3, -0.25) is 9.59 Å². The molecule has 0 unspecified atom stereocenters. The minimum Gasteiger partial charge on any atom is -0.494 e. The molecule has 0 aliphatic heterocycles. The Bertz CT molecular complexity index is 971. The van der Waals surface area contributed by atoms with Crippen molar-refractivity contribution >= 4 is 11.8 Å². The van der Waals surface area contributed by atoms with Gasteiger partial charge in [0.25, 0.3) is 5.91 Å². The zero-order valence-electron chi connectivity index (χ0n) is 17.6. The maximum absolute atomic E-state index is 12.2. The molecule has 31 heavy (non-hydrogen) atoms. The van der Waals surface area contributed by atoms with Crippen LogP contribution in [0.5, 0.6) is 5.75 Å². The Morgan fingerprint density at radius 2 is 1.87 bits per heavy atom. The highest BCUT2D eigenvalue weighted by Crippen LogP contribution is 2.12. The van der Waals surface area contributed by atoms with Gasteiger partial charge in [0, 0.05) is 12.1 Å². The van der Waals surface area contributed by atoms with E-state index in [0.717, 1.165) is 29.7 Å². The fourth-order valence-electron chi connectivity index (χ4n) is 2.90. The number of amides is 2. The van der Waals surface area contributed by atoms with Gasteiger partial charge in [-0.1, -0.05) is 37.6 Å². The molecule has 3 aromatic rings. The van der Waals surface area contributed by atoms with Gasteiger partial charge in [-0.15, -0.1) is 0 Å². The third-order valence-electron chi connectivity index (χ3n) is 4.58. The van der Waals surface area contributed by atoms with Gasteiger partial charge in [0.15, 0.2) is 0 Å². The van der Waals surface area contributed by atoms with E-state index in [1.807, 2.05) is 24.3 Å². The summed E-state index contributed by atoms with van der Waals surface area (Å²) in [6.45, 7) is 3.66. The zero-order chi connectivity index (χ0) is 21.9. The van der Waals surface area contributed by atoms with E-state index in [9.17, 15) is 9.59 Å². The molecule has 3 rings (SSSR count). The Balaban J connectivity index is 1.41. The van der Waals surface area contributed by atoms with Crippen molar-refractivity contribution in [3.05, 3.63) is 77.9 Å². The molecule has 2 amide bonds. The Labute approximate surface area is 181 Å². The van der Waals surface area contributed by atoms with Gasteiger partial charge in [-0.2, -0.15) is 5.10 Å². The molecule has 1 heterocycles. The zero-order valence-corrected chi connectivity index (χ0v) is 17.6. The number of benzene rings is 2. The van der Waals surface area contributed by atoms with Crippen molar-refractivity contribution in [2.75, 3.05) is 13.2 Å². The van der Waals surface area contributed by atoms with Crippen molar-refractivity contribution in [2.45, 2.75) is 32.9 Å². The molecule has 0 saturated carbocycles. The standard InChI is InChI=1S/C23H27N5O3/c1-2-3-11-31-21-9-7-20(8-10-21)23(30)26-14-22(29)25-13-18-5-4-6-19(12-18)15-28-17-24-16-27-28/h4-10,12,16-17H,2-3,11,13-15H2,1H3,(H,25,29)(H,26,30). The predicted molar refractivity (Wildman–Crippen MR) is 117 cm³/mol. The lowest BCUT2D eigenvalue weighted by atomic mass is 10.1. The monoisotopic (exact) mass is 421 g/mol. The Kier molecular flexibility index (Phi) is 8.16. The summed E-state index contributed by atoms with van der Waals surface area (Å²) in [6, 6.07) is 14.8. The molecule has 1 aromatic heterocycles. The van der Waals surface area contributed by atoms with Crippen LogP contribution in [0.2, 0.25) is 0 Å². The summed E-state index contributed by atoms with van der Waals surface area (Å²) in [6.07, 6.45) is 5.21. The quantitative estimate of drug-likeness (QED) is 0.464. The van der Waals surface area contributed by atoms with E-state index < -0.39 is 0 Å². The highest BCUT2D eigenvalue weighted by atomic mass is 16.5. The second-order valence-corrected chi connectivity index (χ2v) is 7.10. The van der Waals surface area contributed by atoms with Gasteiger partial charge < -0.3 is 15.4 Å². The fraction of sp³-hybridized carbons (Fsp3) is 0.304. The van der Waals surface area contributed by atoms with Gasteiger partial charge in [0.1, 0.15) is 18.4 Å². The number of hydrogen-bond acceptors (Lipinski definition) is 5. The van der Waals surface area contributed by atoms with E-state index in [4.69, 9.17) is 4.74 Å². The summed E-state index contributed by atoms with van der Waals surface area (Å²) in [5, 5.41) is 9.55. The lowest BCUT2D eigenvalue weighted by molar-refractivity contribution is -0.120. The largest absolute Gasteiger partial charge is 0.494 e. The van der Waals surface area contributed by atoms with Gasteiger partial charge in [-0.25, -0.2) is 9.67 Å². The molecule has 0 spiro atoms. The number of aromatic nitrogens is 3. The first-order valence-corrected chi connectivity index (χ1v) is 10.3. The second-order valence-electron chi connectivity index (χ2n) is 7.10. The van der Waals surface area contributed by atoms with Crippen LogP contribution in [0.25, 0.3) is 0 Å².